The zero-order valence-corrected chi connectivity index (χ0v) is 16.9. The fourth-order valence-corrected chi connectivity index (χ4v) is 3.55. The number of hydrogen-bond acceptors (Lipinski definition) is 4. The Morgan fingerprint density at radius 3 is 2.50 bits per heavy atom. The molecule has 0 saturated heterocycles. The minimum absolute atomic E-state index is 0.113. The van der Waals surface area contributed by atoms with Gasteiger partial charge in [-0.1, -0.05) is 12.1 Å². The predicted molar refractivity (Wildman–Crippen MR) is 109 cm³/mol. The number of hydrogen-bond donors (Lipinski definition) is 1. The van der Waals surface area contributed by atoms with Crippen LogP contribution in [0.3, 0.4) is 0 Å². The van der Waals surface area contributed by atoms with Crippen molar-refractivity contribution in [3.8, 4) is 17.2 Å². The zero-order chi connectivity index (χ0) is 19.9. The van der Waals surface area contributed by atoms with Gasteiger partial charge in [-0.05, 0) is 80.0 Å². The number of aryl methyl sites for hydroxylation is 2. The molecule has 0 aromatic heterocycles. The van der Waals surface area contributed by atoms with Crippen molar-refractivity contribution in [1.29, 1.82) is 0 Å². The Bertz CT molecular complexity index is 818. The lowest BCUT2D eigenvalue weighted by molar-refractivity contribution is -0.127. The lowest BCUT2D eigenvalue weighted by atomic mass is 9.92. The molecule has 0 radical (unpaired) electrons. The van der Waals surface area contributed by atoms with Crippen molar-refractivity contribution in [1.82, 2.24) is 5.32 Å². The molecule has 5 heteroatoms. The van der Waals surface area contributed by atoms with Gasteiger partial charge in [0.2, 0.25) is 0 Å². The Kier molecular flexibility index (Phi) is 6.80. The molecule has 28 heavy (non-hydrogen) atoms. The third-order valence-electron chi connectivity index (χ3n) is 5.16. The SMILES string of the molecule is COc1ccc(CCNC(=O)[C@H](C)Oc2ccc3c(c2)CCCC3)cc1OC. The van der Waals surface area contributed by atoms with Crippen molar-refractivity contribution < 1.29 is 19.0 Å². The second kappa shape index (κ2) is 9.49. The summed E-state index contributed by atoms with van der Waals surface area (Å²) in [5, 5.41) is 2.94. The van der Waals surface area contributed by atoms with Crippen LogP contribution in [-0.2, 0) is 24.1 Å². The first-order valence-electron chi connectivity index (χ1n) is 9.88. The maximum absolute atomic E-state index is 12.4. The van der Waals surface area contributed by atoms with Crippen LogP contribution in [0.1, 0.15) is 36.5 Å². The quantitative estimate of drug-likeness (QED) is 0.755. The van der Waals surface area contributed by atoms with E-state index in [0.29, 0.717) is 24.5 Å². The second-order valence-corrected chi connectivity index (χ2v) is 7.13. The Hall–Kier alpha value is -2.69. The summed E-state index contributed by atoms with van der Waals surface area (Å²) < 4.78 is 16.4. The van der Waals surface area contributed by atoms with Gasteiger partial charge in [0, 0.05) is 6.54 Å². The first kappa shape index (κ1) is 20.1. The zero-order valence-electron chi connectivity index (χ0n) is 16.9. The molecule has 0 aliphatic heterocycles. The molecule has 1 amide bonds. The van der Waals surface area contributed by atoms with Gasteiger partial charge in [0.15, 0.2) is 17.6 Å². The summed E-state index contributed by atoms with van der Waals surface area (Å²) in [6, 6.07) is 12.0. The maximum Gasteiger partial charge on any atom is 0.260 e. The van der Waals surface area contributed by atoms with Gasteiger partial charge in [-0.2, -0.15) is 0 Å². The van der Waals surface area contributed by atoms with E-state index in [1.807, 2.05) is 24.3 Å². The van der Waals surface area contributed by atoms with Gasteiger partial charge in [0.1, 0.15) is 5.75 Å². The number of amides is 1. The first-order valence-corrected chi connectivity index (χ1v) is 9.88. The summed E-state index contributed by atoms with van der Waals surface area (Å²) in [7, 11) is 3.23. The number of methoxy groups -OCH3 is 2. The second-order valence-electron chi connectivity index (χ2n) is 7.13. The van der Waals surface area contributed by atoms with Gasteiger partial charge in [0.25, 0.3) is 5.91 Å². The number of fused-ring (bicyclic) bond motifs is 1. The molecule has 0 spiro atoms. The summed E-state index contributed by atoms with van der Waals surface area (Å²) >= 11 is 0. The molecule has 0 fully saturated rings. The van der Waals surface area contributed by atoms with Crippen molar-refractivity contribution >= 4 is 5.91 Å². The third-order valence-corrected chi connectivity index (χ3v) is 5.16. The van der Waals surface area contributed by atoms with Crippen molar-refractivity contribution in [2.24, 2.45) is 0 Å². The van der Waals surface area contributed by atoms with Crippen molar-refractivity contribution in [3.05, 3.63) is 53.1 Å². The number of rotatable bonds is 8. The summed E-state index contributed by atoms with van der Waals surface area (Å²) in [5.74, 6) is 2.04. The van der Waals surface area contributed by atoms with Crippen molar-refractivity contribution in [3.63, 3.8) is 0 Å². The van der Waals surface area contributed by atoms with Crippen LogP contribution in [0.4, 0.5) is 0 Å². The molecule has 1 atom stereocenters. The molecule has 0 bridgehead atoms. The number of carbonyl (C=O) groups is 1. The lowest BCUT2D eigenvalue weighted by Gasteiger charge is -2.19. The molecule has 3 rings (SSSR count). The molecule has 0 heterocycles. The maximum atomic E-state index is 12.4. The van der Waals surface area contributed by atoms with E-state index in [-0.39, 0.29) is 5.91 Å². The topological polar surface area (TPSA) is 56.8 Å². The van der Waals surface area contributed by atoms with E-state index in [1.54, 1.807) is 21.1 Å². The van der Waals surface area contributed by atoms with E-state index < -0.39 is 6.10 Å². The number of benzene rings is 2. The molecular weight excluding hydrogens is 354 g/mol. The fraction of sp³-hybridized carbons (Fsp3) is 0.435. The largest absolute Gasteiger partial charge is 0.493 e. The number of nitrogens with one attached hydrogen (secondary N) is 1. The summed E-state index contributed by atoms with van der Waals surface area (Å²) in [4.78, 5) is 12.4. The molecule has 0 unspecified atom stereocenters. The normalized spacial score (nSPS) is 14.0. The van der Waals surface area contributed by atoms with Crippen LogP contribution in [0.25, 0.3) is 0 Å². The Labute approximate surface area is 167 Å². The fourth-order valence-electron chi connectivity index (χ4n) is 3.55. The monoisotopic (exact) mass is 383 g/mol. The Morgan fingerprint density at radius 1 is 1.00 bits per heavy atom. The molecule has 1 N–H and O–H groups in total. The summed E-state index contributed by atoms with van der Waals surface area (Å²) in [5.41, 5.74) is 3.83. The standard InChI is InChI=1S/C23H29NO4/c1-16(28-20-10-9-18-6-4-5-7-19(18)15-20)23(25)24-13-12-17-8-11-21(26-2)22(14-17)27-3/h8-11,14-16H,4-7,12-13H2,1-3H3,(H,24,25)/t16-/m0/s1. The Balaban J connectivity index is 1.49. The highest BCUT2D eigenvalue weighted by atomic mass is 16.5. The number of carbonyl (C=O) groups excluding carboxylic acids is 1. The van der Waals surface area contributed by atoms with Crippen LogP contribution >= 0.6 is 0 Å². The van der Waals surface area contributed by atoms with Gasteiger partial charge in [-0.15, -0.1) is 0 Å². The van der Waals surface area contributed by atoms with Crippen LogP contribution in [0, 0.1) is 0 Å². The summed E-state index contributed by atoms with van der Waals surface area (Å²) in [6.45, 7) is 2.32. The van der Waals surface area contributed by atoms with E-state index >= 15 is 0 Å². The molecule has 1 aliphatic carbocycles. The average Bonchev–Trinajstić information content (AvgIpc) is 2.73. The van der Waals surface area contributed by atoms with Crippen molar-refractivity contribution in [2.45, 2.75) is 45.1 Å². The van der Waals surface area contributed by atoms with Gasteiger partial charge in [0.05, 0.1) is 14.2 Å². The molecule has 2 aromatic rings. The molecule has 0 saturated carbocycles. The highest BCUT2D eigenvalue weighted by Gasteiger charge is 2.16. The molecule has 150 valence electrons. The molecule has 1 aliphatic rings. The molecular formula is C23H29NO4. The smallest absolute Gasteiger partial charge is 0.260 e. The Morgan fingerprint density at radius 2 is 1.75 bits per heavy atom. The predicted octanol–water partition coefficient (Wildman–Crippen LogP) is 3.71. The van der Waals surface area contributed by atoms with E-state index in [2.05, 4.69) is 17.4 Å². The van der Waals surface area contributed by atoms with Gasteiger partial charge < -0.3 is 19.5 Å². The van der Waals surface area contributed by atoms with Gasteiger partial charge in [-0.3, -0.25) is 4.79 Å². The van der Waals surface area contributed by atoms with E-state index in [9.17, 15) is 4.79 Å². The minimum atomic E-state index is -0.535. The van der Waals surface area contributed by atoms with Crippen LogP contribution in [0.5, 0.6) is 17.2 Å². The van der Waals surface area contributed by atoms with E-state index in [1.165, 1.54) is 24.0 Å². The third kappa shape index (κ3) is 4.97. The highest BCUT2D eigenvalue weighted by molar-refractivity contribution is 5.80. The molecule has 5 nitrogen and oxygen atoms in total. The van der Waals surface area contributed by atoms with Gasteiger partial charge >= 0.3 is 0 Å². The number of ether oxygens (including phenoxy) is 3. The molecule has 2 aromatic carbocycles. The van der Waals surface area contributed by atoms with Crippen LogP contribution < -0.4 is 19.5 Å². The van der Waals surface area contributed by atoms with Crippen LogP contribution in [-0.4, -0.2) is 32.8 Å². The highest BCUT2D eigenvalue weighted by Crippen LogP contribution is 2.28. The van der Waals surface area contributed by atoms with E-state index in [4.69, 9.17) is 14.2 Å². The first-order chi connectivity index (χ1) is 13.6. The average molecular weight is 383 g/mol. The van der Waals surface area contributed by atoms with Crippen LogP contribution in [0.2, 0.25) is 0 Å². The summed E-state index contributed by atoms with van der Waals surface area (Å²) in [6.07, 6.45) is 4.89. The van der Waals surface area contributed by atoms with Crippen LogP contribution in [0.15, 0.2) is 36.4 Å². The lowest BCUT2D eigenvalue weighted by Crippen LogP contribution is -2.37. The van der Waals surface area contributed by atoms with E-state index in [0.717, 1.165) is 24.2 Å². The minimum Gasteiger partial charge on any atom is -0.493 e. The van der Waals surface area contributed by atoms with Gasteiger partial charge in [-0.25, -0.2) is 0 Å². The van der Waals surface area contributed by atoms with Crippen molar-refractivity contribution in [2.75, 3.05) is 20.8 Å².